The second-order valence-electron chi connectivity index (χ2n) is 6.43. The first-order chi connectivity index (χ1) is 11.8. The number of benzene rings is 1. The van der Waals surface area contributed by atoms with Gasteiger partial charge in [0.15, 0.2) is 4.87 Å². The van der Waals surface area contributed by atoms with Gasteiger partial charge in [-0.05, 0) is 24.6 Å². The van der Waals surface area contributed by atoms with Crippen LogP contribution in [0.1, 0.15) is 26.7 Å². The molecule has 0 unspecified atom stereocenters. The number of fused-ring (bicyclic) bond motifs is 3. The summed E-state index contributed by atoms with van der Waals surface area (Å²) in [7, 11) is 0. The Kier molecular flexibility index (Phi) is 4.97. The third-order valence-electron chi connectivity index (χ3n) is 4.32. The lowest BCUT2D eigenvalue weighted by molar-refractivity contribution is -0.125. The first-order valence-corrected chi connectivity index (χ1v) is 9.42. The van der Waals surface area contributed by atoms with Gasteiger partial charge in [0.1, 0.15) is 0 Å². The number of thioether (sulfide) groups is 1. The molecule has 1 atom stereocenters. The Morgan fingerprint density at radius 1 is 1.32 bits per heavy atom. The fourth-order valence-corrected chi connectivity index (χ4v) is 4.61. The Morgan fingerprint density at radius 3 is 2.76 bits per heavy atom. The highest BCUT2D eigenvalue weighted by atomic mass is 35.5. The number of anilines is 1. The van der Waals surface area contributed by atoms with Crippen molar-refractivity contribution in [1.29, 1.82) is 0 Å². The molecule has 2 aliphatic heterocycles. The molecule has 6 nitrogen and oxygen atoms in total. The van der Waals surface area contributed by atoms with Gasteiger partial charge in [0.2, 0.25) is 11.8 Å². The van der Waals surface area contributed by atoms with Crippen molar-refractivity contribution in [2.24, 2.45) is 5.92 Å². The Hall–Kier alpha value is -1.73. The molecule has 0 spiro atoms. The number of nitrogens with one attached hydrogen (secondary N) is 2. The third-order valence-corrected chi connectivity index (χ3v) is 6.03. The van der Waals surface area contributed by atoms with Crippen LogP contribution in [0.25, 0.3) is 0 Å². The maximum atomic E-state index is 12.9. The quantitative estimate of drug-likeness (QED) is 0.766. The maximum absolute atomic E-state index is 12.9. The van der Waals surface area contributed by atoms with Gasteiger partial charge in [0, 0.05) is 35.3 Å². The number of rotatable bonds is 5. The Morgan fingerprint density at radius 2 is 2.04 bits per heavy atom. The molecule has 0 aromatic heterocycles. The molecule has 3 rings (SSSR count). The summed E-state index contributed by atoms with van der Waals surface area (Å²) in [6.45, 7) is 4.30. The largest absolute Gasteiger partial charge is 0.354 e. The van der Waals surface area contributed by atoms with E-state index in [9.17, 15) is 14.4 Å². The fourth-order valence-electron chi connectivity index (χ4n) is 3.03. The SMILES string of the molecule is CC(C)C(=O)NCCNC(=O)[C@]12CCC(=O)N1c1cc(Cl)ccc1S2. The van der Waals surface area contributed by atoms with Crippen LogP contribution >= 0.6 is 23.4 Å². The molecule has 1 fully saturated rings. The first-order valence-electron chi connectivity index (χ1n) is 8.23. The number of carbonyl (C=O) groups excluding carboxylic acids is 3. The molecule has 1 saturated heterocycles. The van der Waals surface area contributed by atoms with Crippen LogP contribution in [-0.4, -0.2) is 35.7 Å². The number of nitrogens with zero attached hydrogens (tertiary/aromatic N) is 1. The van der Waals surface area contributed by atoms with Crippen molar-refractivity contribution >= 4 is 46.8 Å². The first kappa shape index (κ1) is 18.1. The zero-order valence-corrected chi connectivity index (χ0v) is 15.7. The van der Waals surface area contributed by atoms with Gasteiger partial charge in [-0.2, -0.15) is 0 Å². The molecular weight excluding hydrogens is 362 g/mol. The minimum Gasteiger partial charge on any atom is -0.354 e. The van der Waals surface area contributed by atoms with E-state index in [1.807, 2.05) is 19.9 Å². The molecule has 2 heterocycles. The number of amides is 3. The summed E-state index contributed by atoms with van der Waals surface area (Å²) < 4.78 is 0. The molecule has 0 bridgehead atoms. The lowest BCUT2D eigenvalue weighted by Gasteiger charge is -2.29. The molecule has 2 aliphatic rings. The van der Waals surface area contributed by atoms with Crippen molar-refractivity contribution in [3.05, 3.63) is 23.2 Å². The van der Waals surface area contributed by atoms with Gasteiger partial charge in [-0.1, -0.05) is 37.2 Å². The molecule has 2 N–H and O–H groups in total. The van der Waals surface area contributed by atoms with Gasteiger partial charge >= 0.3 is 0 Å². The van der Waals surface area contributed by atoms with E-state index >= 15 is 0 Å². The van der Waals surface area contributed by atoms with E-state index in [1.54, 1.807) is 17.0 Å². The van der Waals surface area contributed by atoms with E-state index in [2.05, 4.69) is 10.6 Å². The highest BCUT2D eigenvalue weighted by molar-refractivity contribution is 8.02. The predicted octanol–water partition coefficient (Wildman–Crippen LogP) is 2.16. The summed E-state index contributed by atoms with van der Waals surface area (Å²) in [5.41, 5.74) is 0.697. The topological polar surface area (TPSA) is 78.5 Å². The molecule has 0 saturated carbocycles. The third kappa shape index (κ3) is 3.22. The molecule has 0 radical (unpaired) electrons. The smallest absolute Gasteiger partial charge is 0.257 e. The van der Waals surface area contributed by atoms with Crippen LogP contribution < -0.4 is 15.5 Å². The van der Waals surface area contributed by atoms with Crippen molar-refractivity contribution in [2.75, 3.05) is 18.0 Å². The zero-order chi connectivity index (χ0) is 18.2. The van der Waals surface area contributed by atoms with Crippen LogP contribution in [0.15, 0.2) is 23.1 Å². The van der Waals surface area contributed by atoms with Crippen molar-refractivity contribution in [3.8, 4) is 0 Å². The van der Waals surface area contributed by atoms with Gasteiger partial charge in [-0.15, -0.1) is 0 Å². The highest BCUT2D eigenvalue weighted by Crippen LogP contribution is 2.56. The van der Waals surface area contributed by atoms with E-state index in [0.717, 1.165) is 4.90 Å². The van der Waals surface area contributed by atoms with Crippen molar-refractivity contribution in [2.45, 2.75) is 36.5 Å². The molecule has 0 aliphatic carbocycles. The van der Waals surface area contributed by atoms with E-state index in [0.29, 0.717) is 36.6 Å². The lowest BCUT2D eigenvalue weighted by Crippen LogP contribution is -2.53. The average molecular weight is 382 g/mol. The Labute approximate surface area is 155 Å². The predicted molar refractivity (Wildman–Crippen MR) is 97.6 cm³/mol. The van der Waals surface area contributed by atoms with Crippen LogP contribution in [0.5, 0.6) is 0 Å². The van der Waals surface area contributed by atoms with E-state index in [1.165, 1.54) is 11.8 Å². The molecular formula is C17H20ClN3O3S. The van der Waals surface area contributed by atoms with Crippen LogP contribution in [0, 0.1) is 5.92 Å². The average Bonchev–Trinajstić information content (AvgIpc) is 3.07. The van der Waals surface area contributed by atoms with E-state index in [-0.39, 0.29) is 23.6 Å². The molecule has 134 valence electrons. The van der Waals surface area contributed by atoms with E-state index in [4.69, 9.17) is 11.6 Å². The van der Waals surface area contributed by atoms with Gasteiger partial charge in [-0.3, -0.25) is 19.3 Å². The van der Waals surface area contributed by atoms with Gasteiger partial charge in [-0.25, -0.2) is 0 Å². The van der Waals surface area contributed by atoms with Crippen molar-refractivity contribution in [1.82, 2.24) is 10.6 Å². The van der Waals surface area contributed by atoms with Crippen LogP contribution in [0.4, 0.5) is 5.69 Å². The second-order valence-corrected chi connectivity index (χ2v) is 8.19. The summed E-state index contributed by atoms with van der Waals surface area (Å²) in [5, 5.41) is 6.14. The summed E-state index contributed by atoms with van der Waals surface area (Å²) in [6, 6.07) is 5.32. The molecule has 1 aromatic carbocycles. The number of hydrogen-bond acceptors (Lipinski definition) is 4. The molecule has 25 heavy (non-hydrogen) atoms. The molecule has 8 heteroatoms. The summed E-state index contributed by atoms with van der Waals surface area (Å²) in [4.78, 5) is 38.3. The lowest BCUT2D eigenvalue weighted by atomic mass is 10.2. The number of carbonyl (C=O) groups is 3. The fraction of sp³-hybridized carbons (Fsp3) is 0.471. The van der Waals surface area contributed by atoms with Gasteiger partial charge in [0.05, 0.1) is 5.69 Å². The van der Waals surface area contributed by atoms with Crippen LogP contribution in [0.2, 0.25) is 5.02 Å². The van der Waals surface area contributed by atoms with Gasteiger partial charge < -0.3 is 10.6 Å². The molecule has 3 amide bonds. The number of halogens is 1. The maximum Gasteiger partial charge on any atom is 0.257 e. The van der Waals surface area contributed by atoms with Crippen molar-refractivity contribution in [3.63, 3.8) is 0 Å². The minimum absolute atomic E-state index is 0.0534. The summed E-state index contributed by atoms with van der Waals surface area (Å²) in [6.07, 6.45) is 0.781. The highest BCUT2D eigenvalue weighted by Gasteiger charge is 2.57. The van der Waals surface area contributed by atoms with Gasteiger partial charge in [0.25, 0.3) is 5.91 Å². The molecule has 1 aromatic rings. The number of hydrogen-bond donors (Lipinski definition) is 2. The Bertz CT molecular complexity index is 740. The normalized spacial score (nSPS) is 21.3. The van der Waals surface area contributed by atoms with Crippen LogP contribution in [-0.2, 0) is 14.4 Å². The summed E-state index contributed by atoms with van der Waals surface area (Å²) in [5.74, 6) is -0.435. The summed E-state index contributed by atoms with van der Waals surface area (Å²) >= 11 is 7.45. The monoisotopic (exact) mass is 381 g/mol. The van der Waals surface area contributed by atoms with Crippen LogP contribution in [0.3, 0.4) is 0 Å². The zero-order valence-electron chi connectivity index (χ0n) is 14.1. The standard InChI is InChI=1S/C17H20ClN3O3S/c1-10(2)15(23)19-7-8-20-16(24)17-6-5-14(22)21(17)12-9-11(18)3-4-13(12)25-17/h3-4,9-10H,5-8H2,1-2H3,(H,19,23)(H,20,24)/t17-/m1/s1. The second kappa shape index (κ2) is 6.88. The Balaban J connectivity index is 1.70. The van der Waals surface area contributed by atoms with Crippen molar-refractivity contribution < 1.29 is 14.4 Å². The minimum atomic E-state index is -0.952. The van der Waals surface area contributed by atoms with E-state index < -0.39 is 4.87 Å².